The normalized spacial score (nSPS) is 15.1. The van der Waals surface area contributed by atoms with Crippen molar-refractivity contribution in [3.05, 3.63) is 94.4 Å². The molecule has 0 saturated carbocycles. The molecule has 0 N–H and O–H groups in total. The maximum absolute atomic E-state index is 13.0. The molecule has 1 aliphatic heterocycles. The molecule has 3 aromatic rings. The van der Waals surface area contributed by atoms with E-state index < -0.39 is 0 Å². The predicted octanol–water partition coefficient (Wildman–Crippen LogP) is 7.46. The first-order chi connectivity index (χ1) is 18.5. The summed E-state index contributed by atoms with van der Waals surface area (Å²) in [6, 6.07) is 23.8. The second kappa shape index (κ2) is 13.5. The minimum Gasteiger partial charge on any atom is -0.493 e. The van der Waals surface area contributed by atoms with Crippen molar-refractivity contribution >= 4 is 40.3 Å². The Balaban J connectivity index is 1.30. The third-order valence-electron chi connectivity index (χ3n) is 6.42. The van der Waals surface area contributed by atoms with Crippen LogP contribution in [0.1, 0.15) is 49.3 Å². The van der Waals surface area contributed by atoms with E-state index in [-0.39, 0.29) is 5.91 Å². The number of methoxy groups -OCH3 is 1. The number of nitrogens with zero attached hydrogens (tertiary/aromatic N) is 1. The third-order valence-corrected chi connectivity index (χ3v) is 7.80. The molecule has 5 nitrogen and oxygen atoms in total. The number of thioether (sulfide) groups is 1. The van der Waals surface area contributed by atoms with Crippen molar-refractivity contribution in [1.29, 1.82) is 0 Å². The van der Waals surface area contributed by atoms with Crippen LogP contribution in [-0.2, 0) is 11.3 Å². The lowest BCUT2D eigenvalue weighted by atomic mass is 9.99. The first-order valence-corrected chi connectivity index (χ1v) is 14.0. The van der Waals surface area contributed by atoms with Gasteiger partial charge in [0.1, 0.15) is 10.1 Å². The zero-order valence-corrected chi connectivity index (χ0v) is 23.6. The van der Waals surface area contributed by atoms with Gasteiger partial charge >= 0.3 is 0 Å². The summed E-state index contributed by atoms with van der Waals surface area (Å²) >= 11 is 6.79. The smallest absolute Gasteiger partial charge is 0.266 e. The molecule has 1 heterocycles. The molecule has 1 unspecified atom stereocenters. The Kier molecular flexibility index (Phi) is 9.85. The van der Waals surface area contributed by atoms with Gasteiger partial charge in [0.2, 0.25) is 0 Å². The summed E-state index contributed by atoms with van der Waals surface area (Å²) in [4.78, 5) is 15.2. The second-order valence-corrected chi connectivity index (χ2v) is 10.8. The van der Waals surface area contributed by atoms with Gasteiger partial charge in [-0.3, -0.25) is 9.69 Å². The molecule has 4 rings (SSSR count). The Morgan fingerprint density at radius 3 is 2.42 bits per heavy atom. The Morgan fingerprint density at radius 1 is 0.974 bits per heavy atom. The SMILES string of the molecule is CCC(C)c1ccc(OCCCOc2ccc(/C=C3\SC(=S)N(Cc4ccccc4)C3=O)cc2OC)cc1. The fourth-order valence-electron chi connectivity index (χ4n) is 4.01. The number of benzene rings is 3. The third kappa shape index (κ3) is 7.17. The van der Waals surface area contributed by atoms with E-state index in [0.717, 1.165) is 29.7 Å². The maximum atomic E-state index is 13.0. The van der Waals surface area contributed by atoms with Gasteiger partial charge in [0.25, 0.3) is 5.91 Å². The van der Waals surface area contributed by atoms with E-state index in [1.165, 1.54) is 17.3 Å². The fraction of sp³-hybridized carbons (Fsp3) is 0.290. The summed E-state index contributed by atoms with van der Waals surface area (Å²) < 4.78 is 17.9. The quantitative estimate of drug-likeness (QED) is 0.133. The minimum absolute atomic E-state index is 0.0855. The van der Waals surface area contributed by atoms with Crippen molar-refractivity contribution in [2.45, 2.75) is 39.2 Å². The van der Waals surface area contributed by atoms with E-state index in [9.17, 15) is 4.79 Å². The van der Waals surface area contributed by atoms with Crippen LogP contribution in [0.15, 0.2) is 77.7 Å². The van der Waals surface area contributed by atoms with Gasteiger partial charge in [-0.2, -0.15) is 0 Å². The molecule has 7 heteroatoms. The molecule has 0 radical (unpaired) electrons. The summed E-state index contributed by atoms with van der Waals surface area (Å²) in [5.74, 6) is 2.60. The predicted molar refractivity (Wildman–Crippen MR) is 159 cm³/mol. The first kappa shape index (κ1) is 27.7. The van der Waals surface area contributed by atoms with Crippen LogP contribution in [0, 0.1) is 0 Å². The number of carbonyl (C=O) groups is 1. The van der Waals surface area contributed by atoms with Gasteiger partial charge in [0.15, 0.2) is 11.5 Å². The van der Waals surface area contributed by atoms with Crippen molar-refractivity contribution in [2.75, 3.05) is 20.3 Å². The molecule has 3 aromatic carbocycles. The van der Waals surface area contributed by atoms with Gasteiger partial charge in [0, 0.05) is 6.42 Å². The van der Waals surface area contributed by atoms with E-state index in [2.05, 4.69) is 26.0 Å². The number of carbonyl (C=O) groups excluding carboxylic acids is 1. The highest BCUT2D eigenvalue weighted by atomic mass is 32.2. The molecule has 0 aromatic heterocycles. The Labute approximate surface area is 234 Å². The lowest BCUT2D eigenvalue weighted by molar-refractivity contribution is -0.122. The Bertz CT molecular complexity index is 1270. The number of ether oxygens (including phenoxy) is 3. The summed E-state index contributed by atoms with van der Waals surface area (Å²) in [6.45, 7) is 5.95. The lowest BCUT2D eigenvalue weighted by Gasteiger charge is -2.14. The average molecular weight is 548 g/mol. The van der Waals surface area contributed by atoms with Gasteiger partial charge in [0.05, 0.1) is 31.8 Å². The highest BCUT2D eigenvalue weighted by Gasteiger charge is 2.32. The molecule has 1 amide bonds. The summed E-state index contributed by atoms with van der Waals surface area (Å²) in [6.07, 6.45) is 3.71. The summed E-state index contributed by atoms with van der Waals surface area (Å²) in [7, 11) is 1.61. The lowest BCUT2D eigenvalue weighted by Crippen LogP contribution is -2.27. The van der Waals surface area contributed by atoms with Crippen molar-refractivity contribution in [2.24, 2.45) is 0 Å². The maximum Gasteiger partial charge on any atom is 0.266 e. The van der Waals surface area contributed by atoms with Crippen LogP contribution >= 0.6 is 24.0 Å². The Hall–Kier alpha value is -3.29. The summed E-state index contributed by atoms with van der Waals surface area (Å²) in [5, 5.41) is 0. The minimum atomic E-state index is -0.0855. The Morgan fingerprint density at radius 2 is 1.71 bits per heavy atom. The standard InChI is InChI=1S/C31H33NO4S2/c1-4-22(2)25-12-14-26(15-13-25)35-17-8-18-36-27-16-11-24(19-28(27)34-3)20-29-30(33)32(31(37)38-29)21-23-9-6-5-7-10-23/h5-7,9-16,19-20,22H,4,8,17-18,21H2,1-3H3/b29-20-. The molecule has 38 heavy (non-hydrogen) atoms. The number of hydrogen-bond acceptors (Lipinski definition) is 6. The van der Waals surface area contributed by atoms with E-state index in [4.69, 9.17) is 26.4 Å². The molecule has 0 bridgehead atoms. The molecule has 1 aliphatic rings. The van der Waals surface area contributed by atoms with Crippen molar-refractivity contribution in [3.63, 3.8) is 0 Å². The molecule has 1 saturated heterocycles. The molecular formula is C31H33NO4S2. The molecule has 198 valence electrons. The first-order valence-electron chi connectivity index (χ1n) is 12.8. The van der Waals surface area contributed by atoms with Crippen molar-refractivity contribution in [3.8, 4) is 17.2 Å². The van der Waals surface area contributed by atoms with E-state index in [1.54, 1.807) is 12.0 Å². The van der Waals surface area contributed by atoms with Crippen molar-refractivity contribution < 1.29 is 19.0 Å². The topological polar surface area (TPSA) is 48.0 Å². The van der Waals surface area contributed by atoms with Gasteiger partial charge in [-0.1, -0.05) is 86.4 Å². The summed E-state index contributed by atoms with van der Waals surface area (Å²) in [5.41, 5.74) is 3.22. The van der Waals surface area contributed by atoms with Crippen molar-refractivity contribution in [1.82, 2.24) is 4.90 Å². The highest BCUT2D eigenvalue weighted by Crippen LogP contribution is 2.35. The van der Waals surface area contributed by atoms with Crippen LogP contribution in [0.5, 0.6) is 17.2 Å². The highest BCUT2D eigenvalue weighted by molar-refractivity contribution is 8.26. The zero-order valence-electron chi connectivity index (χ0n) is 22.0. The van der Waals surface area contributed by atoms with Crippen LogP contribution in [0.3, 0.4) is 0 Å². The van der Waals surface area contributed by atoms with Crippen LogP contribution in [0.25, 0.3) is 6.08 Å². The van der Waals surface area contributed by atoms with E-state index in [0.29, 0.717) is 46.4 Å². The number of amides is 1. The molecule has 0 spiro atoms. The van der Waals surface area contributed by atoms with Crippen LogP contribution in [-0.4, -0.2) is 35.5 Å². The van der Waals surface area contributed by atoms with Crippen LogP contribution in [0.4, 0.5) is 0 Å². The van der Waals surface area contributed by atoms with Gasteiger partial charge in [-0.15, -0.1) is 0 Å². The number of hydrogen-bond donors (Lipinski definition) is 0. The van der Waals surface area contributed by atoms with E-state index >= 15 is 0 Å². The van der Waals surface area contributed by atoms with Gasteiger partial charge < -0.3 is 14.2 Å². The average Bonchev–Trinajstić information content (AvgIpc) is 3.21. The monoisotopic (exact) mass is 547 g/mol. The largest absolute Gasteiger partial charge is 0.493 e. The van der Waals surface area contributed by atoms with E-state index in [1.807, 2.05) is 66.7 Å². The van der Waals surface area contributed by atoms with Gasteiger partial charge in [-0.05, 0) is 59.4 Å². The molecule has 0 aliphatic carbocycles. The van der Waals surface area contributed by atoms with Crippen LogP contribution < -0.4 is 14.2 Å². The molecular weight excluding hydrogens is 514 g/mol. The fourth-order valence-corrected chi connectivity index (χ4v) is 5.26. The van der Waals surface area contributed by atoms with Crippen LogP contribution in [0.2, 0.25) is 0 Å². The molecule has 1 atom stereocenters. The van der Waals surface area contributed by atoms with Gasteiger partial charge in [-0.25, -0.2) is 0 Å². The molecule has 1 fully saturated rings. The number of thiocarbonyl (C=S) groups is 1. The second-order valence-electron chi connectivity index (χ2n) is 9.09. The number of rotatable bonds is 12. The zero-order chi connectivity index (χ0) is 26.9.